The molecular weight excluding hydrogens is 260 g/mol. The Labute approximate surface area is 126 Å². The number of carbonyl (C=O) groups excluding carboxylic acids is 1. The third-order valence-electron chi connectivity index (χ3n) is 3.50. The van der Waals surface area contributed by atoms with E-state index in [-0.39, 0.29) is 5.91 Å². The highest BCUT2D eigenvalue weighted by molar-refractivity contribution is 5.90. The van der Waals surface area contributed by atoms with Gasteiger partial charge in [0.1, 0.15) is 0 Å². The minimum atomic E-state index is 0.0304. The monoisotopic (exact) mass is 282 g/mol. The van der Waals surface area contributed by atoms with Crippen molar-refractivity contribution >= 4 is 23.0 Å². The van der Waals surface area contributed by atoms with E-state index in [1.54, 1.807) is 0 Å². The number of benzene rings is 2. The summed E-state index contributed by atoms with van der Waals surface area (Å²) in [4.78, 5) is 11.4. The van der Waals surface area contributed by atoms with E-state index in [1.807, 2.05) is 31.2 Å². The molecule has 0 aliphatic rings. The van der Waals surface area contributed by atoms with Crippen LogP contribution in [0.3, 0.4) is 0 Å². The van der Waals surface area contributed by atoms with E-state index in [0.717, 1.165) is 17.8 Å². The molecule has 0 spiro atoms. The number of rotatable bonds is 5. The molecule has 21 heavy (non-hydrogen) atoms. The second-order valence-corrected chi connectivity index (χ2v) is 5.07. The fourth-order valence-corrected chi connectivity index (χ4v) is 2.23. The summed E-state index contributed by atoms with van der Waals surface area (Å²) < 4.78 is 0. The maximum Gasteiger partial charge on any atom is 0.224 e. The fourth-order valence-electron chi connectivity index (χ4n) is 2.23. The average molecular weight is 282 g/mol. The summed E-state index contributed by atoms with van der Waals surface area (Å²) in [7, 11) is 0. The lowest BCUT2D eigenvalue weighted by atomic mass is 10.1. The molecule has 0 atom stereocenters. The Hall–Kier alpha value is -2.29. The highest BCUT2D eigenvalue weighted by Crippen LogP contribution is 2.26. The van der Waals surface area contributed by atoms with Crippen molar-refractivity contribution in [3.63, 3.8) is 0 Å². The molecule has 1 amide bonds. The number of para-hydroxylation sites is 1. The van der Waals surface area contributed by atoms with Gasteiger partial charge in [0.05, 0.1) is 0 Å². The van der Waals surface area contributed by atoms with Gasteiger partial charge in [0, 0.05) is 23.5 Å². The molecule has 0 bridgehead atoms. The maximum atomic E-state index is 11.4. The van der Waals surface area contributed by atoms with Crippen molar-refractivity contribution in [2.24, 2.45) is 0 Å². The van der Waals surface area contributed by atoms with Crippen molar-refractivity contribution in [2.45, 2.75) is 33.6 Å². The van der Waals surface area contributed by atoms with Crippen LogP contribution < -0.4 is 10.6 Å². The van der Waals surface area contributed by atoms with Crippen LogP contribution in [0, 0.1) is 6.92 Å². The number of amides is 1. The summed E-state index contributed by atoms with van der Waals surface area (Å²) in [6, 6.07) is 14.1. The van der Waals surface area contributed by atoms with Crippen LogP contribution in [0.15, 0.2) is 42.5 Å². The Kier molecular flexibility index (Phi) is 4.99. The van der Waals surface area contributed by atoms with Crippen molar-refractivity contribution in [3.05, 3.63) is 53.6 Å². The van der Waals surface area contributed by atoms with Gasteiger partial charge in [0.2, 0.25) is 5.91 Å². The Balaban J connectivity index is 2.16. The van der Waals surface area contributed by atoms with Gasteiger partial charge in [-0.25, -0.2) is 0 Å². The van der Waals surface area contributed by atoms with Gasteiger partial charge in [-0.2, -0.15) is 0 Å². The predicted molar refractivity (Wildman–Crippen MR) is 89.2 cm³/mol. The van der Waals surface area contributed by atoms with Gasteiger partial charge >= 0.3 is 0 Å². The van der Waals surface area contributed by atoms with Gasteiger partial charge in [-0.05, 0) is 48.7 Å². The molecule has 0 aromatic heterocycles. The lowest BCUT2D eigenvalue weighted by Crippen LogP contribution is -2.09. The first-order chi connectivity index (χ1) is 10.1. The van der Waals surface area contributed by atoms with Crippen LogP contribution in [0.2, 0.25) is 0 Å². The van der Waals surface area contributed by atoms with E-state index < -0.39 is 0 Å². The Morgan fingerprint density at radius 2 is 1.67 bits per heavy atom. The topological polar surface area (TPSA) is 41.1 Å². The van der Waals surface area contributed by atoms with Gasteiger partial charge in [0.25, 0.3) is 0 Å². The molecule has 110 valence electrons. The highest BCUT2D eigenvalue weighted by Gasteiger charge is 2.05. The average Bonchev–Trinajstić information content (AvgIpc) is 2.51. The smallest absolute Gasteiger partial charge is 0.224 e. The number of hydrogen-bond donors (Lipinski definition) is 2. The SMILES string of the molecule is CCC(=O)Nc1ccc(Nc2c(C)cccc2CC)cc1. The molecule has 3 nitrogen and oxygen atoms in total. The van der Waals surface area contributed by atoms with E-state index in [9.17, 15) is 4.79 Å². The van der Waals surface area contributed by atoms with Crippen molar-refractivity contribution in [1.29, 1.82) is 0 Å². The molecule has 0 saturated heterocycles. The molecule has 0 fully saturated rings. The molecule has 2 rings (SSSR count). The summed E-state index contributed by atoms with van der Waals surface area (Å²) in [5, 5.41) is 6.32. The Morgan fingerprint density at radius 1 is 1.00 bits per heavy atom. The zero-order valence-corrected chi connectivity index (χ0v) is 12.9. The molecule has 0 heterocycles. The summed E-state index contributed by atoms with van der Waals surface area (Å²) >= 11 is 0. The number of anilines is 3. The molecule has 2 aromatic rings. The van der Waals surface area contributed by atoms with Gasteiger partial charge in [-0.1, -0.05) is 32.0 Å². The minimum Gasteiger partial charge on any atom is -0.355 e. The van der Waals surface area contributed by atoms with Gasteiger partial charge in [-0.3, -0.25) is 4.79 Å². The molecule has 0 saturated carbocycles. The first kappa shape index (κ1) is 15.1. The zero-order chi connectivity index (χ0) is 15.2. The van der Waals surface area contributed by atoms with Crippen LogP contribution in [0.1, 0.15) is 31.4 Å². The fraction of sp³-hybridized carbons (Fsp3) is 0.278. The minimum absolute atomic E-state index is 0.0304. The molecule has 0 aliphatic carbocycles. The predicted octanol–water partition coefficient (Wildman–Crippen LogP) is 4.65. The molecule has 0 unspecified atom stereocenters. The van der Waals surface area contributed by atoms with Crippen molar-refractivity contribution < 1.29 is 4.79 Å². The Bertz CT molecular complexity index is 618. The molecule has 3 heteroatoms. The molecule has 2 aromatic carbocycles. The summed E-state index contributed by atoms with van der Waals surface area (Å²) in [6.45, 7) is 6.11. The third kappa shape index (κ3) is 3.85. The van der Waals surface area contributed by atoms with Gasteiger partial charge in [-0.15, -0.1) is 0 Å². The first-order valence-electron chi connectivity index (χ1n) is 7.39. The van der Waals surface area contributed by atoms with Gasteiger partial charge < -0.3 is 10.6 Å². The van der Waals surface area contributed by atoms with Gasteiger partial charge in [0.15, 0.2) is 0 Å². The number of carbonyl (C=O) groups is 1. The van der Waals surface area contributed by atoms with Crippen LogP contribution in [-0.2, 0) is 11.2 Å². The van der Waals surface area contributed by atoms with Crippen LogP contribution in [0.4, 0.5) is 17.1 Å². The van der Waals surface area contributed by atoms with E-state index in [4.69, 9.17) is 0 Å². The van der Waals surface area contributed by atoms with Crippen molar-refractivity contribution in [3.8, 4) is 0 Å². The second-order valence-electron chi connectivity index (χ2n) is 5.07. The third-order valence-corrected chi connectivity index (χ3v) is 3.50. The largest absolute Gasteiger partial charge is 0.355 e. The quantitative estimate of drug-likeness (QED) is 0.838. The normalized spacial score (nSPS) is 10.2. The van der Waals surface area contributed by atoms with Crippen LogP contribution in [0.25, 0.3) is 0 Å². The first-order valence-corrected chi connectivity index (χ1v) is 7.39. The summed E-state index contributed by atoms with van der Waals surface area (Å²) in [6.07, 6.45) is 1.48. The lowest BCUT2D eigenvalue weighted by Gasteiger charge is -2.14. The van der Waals surface area contributed by atoms with E-state index in [1.165, 1.54) is 16.8 Å². The van der Waals surface area contributed by atoms with Crippen molar-refractivity contribution in [2.75, 3.05) is 10.6 Å². The van der Waals surface area contributed by atoms with Crippen LogP contribution in [0.5, 0.6) is 0 Å². The van der Waals surface area contributed by atoms with Crippen molar-refractivity contribution in [1.82, 2.24) is 0 Å². The molecule has 0 radical (unpaired) electrons. The summed E-state index contributed by atoms with van der Waals surface area (Å²) in [5.74, 6) is 0.0304. The van der Waals surface area contributed by atoms with E-state index >= 15 is 0 Å². The Morgan fingerprint density at radius 3 is 2.29 bits per heavy atom. The molecule has 2 N–H and O–H groups in total. The zero-order valence-electron chi connectivity index (χ0n) is 12.9. The van der Waals surface area contributed by atoms with Crippen LogP contribution in [-0.4, -0.2) is 5.91 Å². The van der Waals surface area contributed by atoms with Crippen LogP contribution >= 0.6 is 0 Å². The standard InChI is InChI=1S/C18H22N2O/c1-4-14-8-6-7-13(3)18(14)20-16-11-9-15(10-12-16)19-17(21)5-2/h6-12,20H,4-5H2,1-3H3,(H,19,21). The second kappa shape index (κ2) is 6.93. The summed E-state index contributed by atoms with van der Waals surface area (Å²) in [5.41, 5.74) is 5.56. The van der Waals surface area contributed by atoms with E-state index in [2.05, 4.69) is 42.7 Å². The maximum absolute atomic E-state index is 11.4. The molecule has 0 aliphatic heterocycles. The lowest BCUT2D eigenvalue weighted by molar-refractivity contribution is -0.115. The number of aryl methyl sites for hydroxylation is 2. The number of nitrogens with one attached hydrogen (secondary N) is 2. The number of hydrogen-bond acceptors (Lipinski definition) is 2. The van der Waals surface area contributed by atoms with E-state index in [0.29, 0.717) is 6.42 Å². The molecular formula is C18H22N2O. The highest BCUT2D eigenvalue weighted by atomic mass is 16.1.